The fraction of sp³-hybridized carbons (Fsp3) is 0. The van der Waals surface area contributed by atoms with Crippen LogP contribution in [0.25, 0.3) is 0 Å². The van der Waals surface area contributed by atoms with Crippen LogP contribution >= 0.6 is 0 Å². The van der Waals surface area contributed by atoms with E-state index in [-0.39, 0.29) is 0 Å². The SMILES string of the molecule is N#Cc1cn[nH]c1N=Nc1ccccc1N. The van der Waals surface area contributed by atoms with E-state index in [4.69, 9.17) is 11.0 Å². The van der Waals surface area contributed by atoms with Crippen LogP contribution in [0.4, 0.5) is 17.2 Å². The third kappa shape index (κ3) is 1.88. The summed E-state index contributed by atoms with van der Waals surface area (Å²) in [5.41, 5.74) is 7.12. The van der Waals surface area contributed by atoms with Crippen molar-refractivity contribution in [2.75, 3.05) is 5.73 Å². The summed E-state index contributed by atoms with van der Waals surface area (Å²) in [5, 5.41) is 22.8. The average Bonchev–Trinajstić information content (AvgIpc) is 2.75. The molecule has 0 aliphatic carbocycles. The van der Waals surface area contributed by atoms with Crippen LogP contribution < -0.4 is 5.73 Å². The van der Waals surface area contributed by atoms with Crippen LogP contribution in [0.5, 0.6) is 0 Å². The molecule has 0 aliphatic heterocycles. The lowest BCUT2D eigenvalue weighted by Gasteiger charge is -1.95. The maximum absolute atomic E-state index is 8.72. The molecule has 6 heteroatoms. The van der Waals surface area contributed by atoms with Crippen molar-refractivity contribution in [3.63, 3.8) is 0 Å². The molecular weight excluding hydrogens is 204 g/mol. The van der Waals surface area contributed by atoms with Gasteiger partial charge in [0.25, 0.3) is 0 Å². The molecule has 16 heavy (non-hydrogen) atoms. The zero-order valence-corrected chi connectivity index (χ0v) is 8.25. The second kappa shape index (κ2) is 4.23. The van der Waals surface area contributed by atoms with Gasteiger partial charge in [-0.25, -0.2) is 0 Å². The number of nitrogen functional groups attached to an aromatic ring is 1. The van der Waals surface area contributed by atoms with E-state index in [1.165, 1.54) is 6.20 Å². The highest BCUT2D eigenvalue weighted by Gasteiger charge is 2.02. The molecule has 2 aromatic rings. The molecule has 1 heterocycles. The Morgan fingerprint density at radius 3 is 2.88 bits per heavy atom. The summed E-state index contributed by atoms with van der Waals surface area (Å²) in [6.45, 7) is 0. The van der Waals surface area contributed by atoms with E-state index in [0.29, 0.717) is 22.8 Å². The fourth-order valence-electron chi connectivity index (χ4n) is 1.12. The smallest absolute Gasteiger partial charge is 0.188 e. The Morgan fingerprint density at radius 1 is 1.31 bits per heavy atom. The number of azo groups is 1. The first-order chi connectivity index (χ1) is 7.81. The minimum absolute atomic E-state index is 0.325. The van der Waals surface area contributed by atoms with Gasteiger partial charge in [-0.1, -0.05) is 12.1 Å². The number of aromatic nitrogens is 2. The number of benzene rings is 1. The number of para-hydroxylation sites is 1. The number of nitrogens with two attached hydrogens (primary N) is 1. The number of H-pyrrole nitrogens is 1. The lowest BCUT2D eigenvalue weighted by atomic mass is 10.3. The Hall–Kier alpha value is -2.68. The molecule has 2 rings (SSSR count). The maximum atomic E-state index is 8.72. The normalized spacial score (nSPS) is 10.4. The minimum Gasteiger partial charge on any atom is -0.397 e. The quantitative estimate of drug-likeness (QED) is 0.589. The Balaban J connectivity index is 2.29. The highest BCUT2D eigenvalue weighted by molar-refractivity contribution is 5.61. The van der Waals surface area contributed by atoms with Gasteiger partial charge in [0, 0.05) is 0 Å². The molecule has 0 radical (unpaired) electrons. The van der Waals surface area contributed by atoms with Crippen molar-refractivity contribution in [2.45, 2.75) is 0 Å². The first kappa shape index (κ1) is 9.86. The summed E-state index contributed by atoms with van der Waals surface area (Å²) >= 11 is 0. The summed E-state index contributed by atoms with van der Waals surface area (Å²) in [4.78, 5) is 0. The van der Waals surface area contributed by atoms with Gasteiger partial charge in [-0.2, -0.15) is 10.4 Å². The van der Waals surface area contributed by atoms with Crippen molar-refractivity contribution in [3.8, 4) is 6.07 Å². The Morgan fingerprint density at radius 2 is 2.12 bits per heavy atom. The summed E-state index contributed by atoms with van der Waals surface area (Å²) in [6, 6.07) is 9.03. The van der Waals surface area contributed by atoms with E-state index in [0.717, 1.165) is 0 Å². The number of anilines is 1. The van der Waals surface area contributed by atoms with Gasteiger partial charge >= 0.3 is 0 Å². The zero-order chi connectivity index (χ0) is 11.4. The lowest BCUT2D eigenvalue weighted by Crippen LogP contribution is -1.82. The molecule has 0 aliphatic rings. The molecule has 1 aromatic heterocycles. The standard InChI is InChI=1S/C10H8N6/c11-5-7-6-13-15-10(7)16-14-9-4-2-1-3-8(9)12/h1-4,6H,12H2,(H,13,15). The van der Waals surface area contributed by atoms with Gasteiger partial charge < -0.3 is 5.73 Å². The number of nitrogens with one attached hydrogen (secondary N) is 1. The highest BCUT2D eigenvalue weighted by Crippen LogP contribution is 2.23. The first-order valence-electron chi connectivity index (χ1n) is 4.51. The molecule has 6 nitrogen and oxygen atoms in total. The Bertz CT molecular complexity index is 559. The summed E-state index contributed by atoms with van der Waals surface area (Å²) in [6.07, 6.45) is 1.39. The van der Waals surface area contributed by atoms with Crippen LogP contribution in [-0.2, 0) is 0 Å². The van der Waals surface area contributed by atoms with Crippen LogP contribution in [0, 0.1) is 11.3 Å². The molecule has 78 valence electrons. The Kier molecular flexibility index (Phi) is 2.61. The van der Waals surface area contributed by atoms with Crippen LogP contribution in [0.1, 0.15) is 5.56 Å². The van der Waals surface area contributed by atoms with Crippen molar-refractivity contribution >= 4 is 17.2 Å². The van der Waals surface area contributed by atoms with Crippen LogP contribution in [0.3, 0.4) is 0 Å². The van der Waals surface area contributed by atoms with Gasteiger partial charge in [0.05, 0.1) is 11.9 Å². The largest absolute Gasteiger partial charge is 0.397 e. The van der Waals surface area contributed by atoms with Gasteiger partial charge in [0.15, 0.2) is 5.82 Å². The number of nitrogens with zero attached hydrogens (tertiary/aromatic N) is 4. The predicted octanol–water partition coefficient (Wildman–Crippen LogP) is 2.28. The third-order valence-corrected chi connectivity index (χ3v) is 1.93. The molecule has 0 saturated carbocycles. The van der Waals surface area contributed by atoms with E-state index in [2.05, 4.69) is 20.4 Å². The first-order valence-corrected chi connectivity index (χ1v) is 4.51. The van der Waals surface area contributed by atoms with Gasteiger partial charge in [-0.05, 0) is 12.1 Å². The molecule has 0 fully saturated rings. The highest BCUT2D eigenvalue weighted by atomic mass is 15.2. The van der Waals surface area contributed by atoms with Gasteiger partial charge in [-0.15, -0.1) is 10.2 Å². The number of aromatic amines is 1. The topological polar surface area (TPSA) is 103 Å². The van der Waals surface area contributed by atoms with Gasteiger partial charge in [0.1, 0.15) is 17.3 Å². The predicted molar refractivity (Wildman–Crippen MR) is 58.3 cm³/mol. The molecule has 1 aromatic carbocycles. The molecule has 0 saturated heterocycles. The van der Waals surface area contributed by atoms with Crippen molar-refractivity contribution in [3.05, 3.63) is 36.0 Å². The molecular formula is C10H8N6. The van der Waals surface area contributed by atoms with Gasteiger partial charge in [-0.3, -0.25) is 5.10 Å². The zero-order valence-electron chi connectivity index (χ0n) is 8.25. The average molecular weight is 212 g/mol. The van der Waals surface area contributed by atoms with Crippen molar-refractivity contribution in [1.82, 2.24) is 10.2 Å². The second-order valence-electron chi connectivity index (χ2n) is 3.00. The number of rotatable bonds is 2. The fourth-order valence-corrected chi connectivity index (χ4v) is 1.12. The molecule has 3 N–H and O–H groups in total. The molecule has 0 unspecified atom stereocenters. The minimum atomic E-state index is 0.325. The lowest BCUT2D eigenvalue weighted by molar-refractivity contribution is 1.05. The van der Waals surface area contributed by atoms with E-state index < -0.39 is 0 Å². The van der Waals surface area contributed by atoms with Crippen molar-refractivity contribution in [1.29, 1.82) is 5.26 Å². The van der Waals surface area contributed by atoms with Crippen LogP contribution in [0.2, 0.25) is 0 Å². The van der Waals surface area contributed by atoms with Crippen LogP contribution in [0.15, 0.2) is 40.7 Å². The van der Waals surface area contributed by atoms with E-state index >= 15 is 0 Å². The molecule has 0 spiro atoms. The van der Waals surface area contributed by atoms with Crippen molar-refractivity contribution in [2.24, 2.45) is 10.2 Å². The maximum Gasteiger partial charge on any atom is 0.188 e. The molecule has 0 bridgehead atoms. The monoisotopic (exact) mass is 212 g/mol. The summed E-state index contributed by atoms with van der Waals surface area (Å²) < 4.78 is 0. The summed E-state index contributed by atoms with van der Waals surface area (Å²) in [5.74, 6) is 0.325. The third-order valence-electron chi connectivity index (χ3n) is 1.93. The van der Waals surface area contributed by atoms with Gasteiger partial charge in [0.2, 0.25) is 0 Å². The number of nitriles is 1. The molecule has 0 amide bonds. The Labute approximate surface area is 91.4 Å². The second-order valence-corrected chi connectivity index (χ2v) is 3.00. The number of hydrogen-bond acceptors (Lipinski definition) is 5. The van der Waals surface area contributed by atoms with Crippen LogP contribution in [-0.4, -0.2) is 10.2 Å². The van der Waals surface area contributed by atoms with E-state index in [9.17, 15) is 0 Å². The number of hydrogen-bond donors (Lipinski definition) is 2. The summed E-state index contributed by atoms with van der Waals surface area (Å²) in [7, 11) is 0. The molecule has 0 atom stereocenters. The van der Waals surface area contributed by atoms with E-state index in [1.807, 2.05) is 18.2 Å². The van der Waals surface area contributed by atoms with Crippen molar-refractivity contribution < 1.29 is 0 Å². The van der Waals surface area contributed by atoms with E-state index in [1.54, 1.807) is 12.1 Å².